The molecule has 0 fully saturated rings. The van der Waals surface area contributed by atoms with E-state index in [9.17, 15) is 9.59 Å². The van der Waals surface area contributed by atoms with Gasteiger partial charge < -0.3 is 15.2 Å². The van der Waals surface area contributed by atoms with Crippen LogP contribution in [0.1, 0.15) is 55.0 Å². The van der Waals surface area contributed by atoms with Crippen molar-refractivity contribution in [1.29, 1.82) is 0 Å². The van der Waals surface area contributed by atoms with Crippen LogP contribution < -0.4 is 10.6 Å². The van der Waals surface area contributed by atoms with E-state index >= 15 is 0 Å². The van der Waals surface area contributed by atoms with Crippen LogP contribution in [0.25, 0.3) is 0 Å². The summed E-state index contributed by atoms with van der Waals surface area (Å²) in [6, 6.07) is 14.3. The summed E-state index contributed by atoms with van der Waals surface area (Å²) < 4.78 is 1.95. The molecule has 0 saturated heterocycles. The fraction of sp³-hybridized carbons (Fsp3) is 0.360. The maximum absolute atomic E-state index is 12.9. The third kappa shape index (κ3) is 6.84. The minimum Gasteiger partial charge on any atom is -0.342 e. The lowest BCUT2D eigenvalue weighted by molar-refractivity contribution is -0.113. The third-order valence-corrected chi connectivity index (χ3v) is 6.47. The molecule has 1 heterocycles. The zero-order chi connectivity index (χ0) is 24.7. The summed E-state index contributed by atoms with van der Waals surface area (Å²) in [5.41, 5.74) is 2.31. The van der Waals surface area contributed by atoms with Crippen LogP contribution in [0.15, 0.2) is 53.7 Å². The molecule has 2 N–H and O–H groups in total. The smallest absolute Gasteiger partial charge is 0.253 e. The number of amides is 2. The van der Waals surface area contributed by atoms with Gasteiger partial charge in [0.1, 0.15) is 0 Å². The number of thioether (sulfide) groups is 1. The van der Waals surface area contributed by atoms with Gasteiger partial charge in [-0.15, -0.1) is 10.2 Å². The second-order valence-corrected chi connectivity index (χ2v) is 9.77. The van der Waals surface area contributed by atoms with Crippen molar-refractivity contribution in [2.24, 2.45) is 5.92 Å². The third-order valence-electron chi connectivity index (χ3n) is 5.17. The van der Waals surface area contributed by atoms with E-state index in [1.54, 1.807) is 24.3 Å². The van der Waals surface area contributed by atoms with Crippen molar-refractivity contribution in [2.75, 3.05) is 11.1 Å². The van der Waals surface area contributed by atoms with Gasteiger partial charge in [-0.2, -0.15) is 0 Å². The second kappa shape index (κ2) is 12.0. The number of carbonyl (C=O) groups excluding carboxylic acids is 2. The fourth-order valence-corrected chi connectivity index (χ4v) is 4.54. The normalized spacial score (nSPS) is 11.9. The minimum atomic E-state index is -0.341. The highest BCUT2D eigenvalue weighted by molar-refractivity contribution is 7.99. The molecule has 0 saturated carbocycles. The van der Waals surface area contributed by atoms with Gasteiger partial charge >= 0.3 is 0 Å². The highest BCUT2D eigenvalue weighted by atomic mass is 35.5. The Morgan fingerprint density at radius 3 is 2.44 bits per heavy atom. The van der Waals surface area contributed by atoms with Gasteiger partial charge in [0.2, 0.25) is 5.91 Å². The first kappa shape index (κ1) is 25.8. The van der Waals surface area contributed by atoms with Crippen molar-refractivity contribution in [3.05, 3.63) is 70.5 Å². The van der Waals surface area contributed by atoms with Crippen molar-refractivity contribution in [3.8, 4) is 0 Å². The quantitative estimate of drug-likeness (QED) is 0.359. The van der Waals surface area contributed by atoms with Crippen molar-refractivity contribution >= 4 is 40.9 Å². The van der Waals surface area contributed by atoms with Crippen molar-refractivity contribution in [1.82, 2.24) is 20.1 Å². The first-order chi connectivity index (χ1) is 16.3. The van der Waals surface area contributed by atoms with Crippen molar-refractivity contribution < 1.29 is 9.59 Å². The molecule has 2 aromatic carbocycles. The molecule has 0 aliphatic heterocycles. The Kier molecular flexibility index (Phi) is 9.12. The SMILES string of the molecule is CCn1c(SCC(=O)Nc2ccc(C)cc2)nnc1C(CC(C)C)NC(=O)c1ccccc1Cl. The van der Waals surface area contributed by atoms with Crippen LogP contribution in [0.2, 0.25) is 5.02 Å². The molecule has 2 amide bonds. The Hall–Kier alpha value is -2.84. The number of aromatic nitrogens is 3. The number of aryl methyl sites for hydroxylation is 1. The van der Waals surface area contributed by atoms with Crippen molar-refractivity contribution in [2.45, 2.75) is 51.9 Å². The monoisotopic (exact) mass is 499 g/mol. The Morgan fingerprint density at radius 1 is 1.09 bits per heavy atom. The van der Waals surface area contributed by atoms with Crippen LogP contribution in [0.3, 0.4) is 0 Å². The lowest BCUT2D eigenvalue weighted by Crippen LogP contribution is -2.31. The number of halogens is 1. The van der Waals surface area contributed by atoms with E-state index in [-0.39, 0.29) is 23.6 Å². The summed E-state index contributed by atoms with van der Waals surface area (Å²) >= 11 is 7.54. The van der Waals surface area contributed by atoms with E-state index in [0.717, 1.165) is 11.3 Å². The lowest BCUT2D eigenvalue weighted by Gasteiger charge is -2.21. The highest BCUT2D eigenvalue weighted by Gasteiger charge is 2.25. The average Bonchev–Trinajstić information content (AvgIpc) is 3.21. The first-order valence-electron chi connectivity index (χ1n) is 11.3. The summed E-state index contributed by atoms with van der Waals surface area (Å²) in [7, 11) is 0. The molecule has 1 aromatic heterocycles. The maximum atomic E-state index is 12.9. The van der Waals surface area contributed by atoms with E-state index in [1.807, 2.05) is 42.7 Å². The molecule has 3 aromatic rings. The number of hydrogen-bond donors (Lipinski definition) is 2. The van der Waals surface area contributed by atoms with E-state index in [4.69, 9.17) is 11.6 Å². The minimum absolute atomic E-state index is 0.119. The molecule has 1 atom stereocenters. The fourth-order valence-electron chi connectivity index (χ4n) is 3.51. The Labute approximate surface area is 209 Å². The van der Waals surface area contributed by atoms with Gasteiger partial charge in [0.05, 0.1) is 22.4 Å². The second-order valence-electron chi connectivity index (χ2n) is 8.42. The molecule has 0 bridgehead atoms. The molecule has 180 valence electrons. The highest BCUT2D eigenvalue weighted by Crippen LogP contribution is 2.26. The Morgan fingerprint density at radius 2 is 1.79 bits per heavy atom. The van der Waals surface area contributed by atoms with Gasteiger partial charge in [-0.3, -0.25) is 9.59 Å². The van der Waals surface area contributed by atoms with Gasteiger partial charge in [0.15, 0.2) is 11.0 Å². The summed E-state index contributed by atoms with van der Waals surface area (Å²) in [5, 5.41) is 15.7. The van der Waals surface area contributed by atoms with Crippen LogP contribution in [0.4, 0.5) is 5.69 Å². The molecule has 0 spiro atoms. The van der Waals surface area contributed by atoms with Gasteiger partial charge in [0.25, 0.3) is 5.91 Å². The van der Waals surface area contributed by atoms with Crippen molar-refractivity contribution in [3.63, 3.8) is 0 Å². The van der Waals surface area contributed by atoms with Crippen LogP contribution in [-0.4, -0.2) is 32.3 Å². The van der Waals surface area contributed by atoms with Gasteiger partial charge in [-0.1, -0.05) is 67.0 Å². The lowest BCUT2D eigenvalue weighted by atomic mass is 10.0. The summed E-state index contributed by atoms with van der Waals surface area (Å²) in [5.74, 6) is 0.806. The first-order valence-corrected chi connectivity index (χ1v) is 12.6. The van der Waals surface area contributed by atoms with Gasteiger partial charge in [-0.05, 0) is 50.5 Å². The van der Waals surface area contributed by atoms with Crippen LogP contribution in [-0.2, 0) is 11.3 Å². The number of carbonyl (C=O) groups is 2. The molecule has 0 aliphatic rings. The number of nitrogens with one attached hydrogen (secondary N) is 2. The zero-order valence-electron chi connectivity index (χ0n) is 19.8. The van der Waals surface area contributed by atoms with Crippen LogP contribution in [0, 0.1) is 12.8 Å². The molecule has 34 heavy (non-hydrogen) atoms. The average molecular weight is 500 g/mol. The molecular formula is C25H30ClN5O2S. The summed E-state index contributed by atoms with van der Waals surface area (Å²) in [6.07, 6.45) is 0.687. The number of rotatable bonds is 10. The predicted octanol–water partition coefficient (Wildman–Crippen LogP) is 5.51. The number of nitrogens with zero attached hydrogens (tertiary/aromatic N) is 3. The number of benzene rings is 2. The topological polar surface area (TPSA) is 88.9 Å². The predicted molar refractivity (Wildman–Crippen MR) is 137 cm³/mol. The van der Waals surface area contributed by atoms with Crippen LogP contribution in [0.5, 0.6) is 0 Å². The van der Waals surface area contributed by atoms with E-state index in [1.165, 1.54) is 11.8 Å². The maximum Gasteiger partial charge on any atom is 0.253 e. The molecule has 3 rings (SSSR count). The van der Waals surface area contributed by atoms with Gasteiger partial charge in [0, 0.05) is 12.2 Å². The number of anilines is 1. The standard InChI is InChI=1S/C25H30ClN5O2S/c1-5-31-23(21(14-16(2)3)28-24(33)19-8-6-7-9-20(19)26)29-30-25(31)34-15-22(32)27-18-12-10-17(4)11-13-18/h6-13,16,21H,5,14-15H2,1-4H3,(H,27,32)(H,28,33). The Bertz CT molecular complexity index is 1130. The summed E-state index contributed by atoms with van der Waals surface area (Å²) in [6.45, 7) is 8.78. The van der Waals surface area contributed by atoms with E-state index < -0.39 is 0 Å². The van der Waals surface area contributed by atoms with Gasteiger partial charge in [-0.25, -0.2) is 0 Å². The molecule has 9 heteroatoms. The van der Waals surface area contributed by atoms with E-state index in [0.29, 0.717) is 40.5 Å². The summed E-state index contributed by atoms with van der Waals surface area (Å²) in [4.78, 5) is 25.4. The number of hydrogen-bond acceptors (Lipinski definition) is 5. The molecular weight excluding hydrogens is 470 g/mol. The Balaban J connectivity index is 1.73. The molecule has 7 nitrogen and oxygen atoms in total. The zero-order valence-corrected chi connectivity index (χ0v) is 21.4. The van der Waals surface area contributed by atoms with E-state index in [2.05, 4.69) is 34.7 Å². The largest absolute Gasteiger partial charge is 0.342 e. The molecule has 0 radical (unpaired) electrons. The molecule has 0 aliphatic carbocycles. The van der Waals surface area contributed by atoms with Crippen LogP contribution >= 0.6 is 23.4 Å². The molecule has 1 unspecified atom stereocenters.